The monoisotopic (exact) mass is 152 g/mol. The molecule has 0 N–H and O–H groups in total. The standard InChI is InChI=1S/C6H5ClO.Na.H/c7-8-6-4-2-1-3-5-6;;/h1-5H;;/q;+1;-1. The molecule has 9 heavy (non-hydrogen) atoms. The van der Waals surface area contributed by atoms with Crippen LogP contribution in [0.5, 0.6) is 5.75 Å². The Balaban J connectivity index is 0. The van der Waals surface area contributed by atoms with Crippen molar-refractivity contribution in [3.8, 4) is 5.75 Å². The molecule has 1 rings (SSSR count). The Hall–Kier alpha value is 0.310. The average molecular weight is 153 g/mol. The van der Waals surface area contributed by atoms with Crippen LogP contribution in [0.1, 0.15) is 1.43 Å². The molecule has 0 aromatic heterocycles. The summed E-state index contributed by atoms with van der Waals surface area (Å²) >= 11 is 5.03. The Morgan fingerprint density at radius 3 is 2.11 bits per heavy atom. The fourth-order valence-corrected chi connectivity index (χ4v) is 0.575. The first-order valence-corrected chi connectivity index (χ1v) is 2.58. The number of halogens is 1. The van der Waals surface area contributed by atoms with Crippen LogP contribution in [0.2, 0.25) is 0 Å². The normalized spacial score (nSPS) is 7.67. The largest absolute Gasteiger partial charge is 1.00 e. The maximum Gasteiger partial charge on any atom is 1.00 e. The van der Waals surface area contributed by atoms with E-state index < -0.39 is 0 Å². The Bertz CT molecular complexity index is 159. The van der Waals surface area contributed by atoms with Crippen LogP contribution in [-0.2, 0) is 0 Å². The predicted molar refractivity (Wildman–Crippen MR) is 34.0 cm³/mol. The van der Waals surface area contributed by atoms with Crippen molar-refractivity contribution in [1.82, 2.24) is 0 Å². The van der Waals surface area contributed by atoms with Gasteiger partial charge in [-0.25, -0.2) is 0 Å². The van der Waals surface area contributed by atoms with E-state index in [-0.39, 0.29) is 31.0 Å². The summed E-state index contributed by atoms with van der Waals surface area (Å²) in [6.07, 6.45) is 0. The molecular weight excluding hydrogens is 147 g/mol. The number of hydrogen-bond donors (Lipinski definition) is 0. The zero-order valence-corrected chi connectivity index (χ0v) is 7.93. The van der Waals surface area contributed by atoms with Crippen LogP contribution in [0.3, 0.4) is 0 Å². The van der Waals surface area contributed by atoms with E-state index in [1.54, 1.807) is 12.1 Å². The summed E-state index contributed by atoms with van der Waals surface area (Å²) in [5, 5.41) is 0. The third-order valence-electron chi connectivity index (χ3n) is 0.832. The quantitative estimate of drug-likeness (QED) is 0.486. The molecule has 1 aromatic rings. The van der Waals surface area contributed by atoms with Gasteiger partial charge in [-0.15, -0.1) is 0 Å². The second kappa shape index (κ2) is 5.12. The molecule has 3 heteroatoms. The molecule has 0 atom stereocenters. The van der Waals surface area contributed by atoms with E-state index in [2.05, 4.69) is 4.29 Å². The van der Waals surface area contributed by atoms with Crippen molar-refractivity contribution in [2.24, 2.45) is 0 Å². The summed E-state index contributed by atoms with van der Waals surface area (Å²) in [6.45, 7) is 0. The van der Waals surface area contributed by atoms with Gasteiger partial charge in [-0.1, -0.05) is 18.2 Å². The molecule has 1 aromatic carbocycles. The molecule has 0 unspecified atom stereocenters. The van der Waals surface area contributed by atoms with Gasteiger partial charge < -0.3 is 5.72 Å². The third-order valence-corrected chi connectivity index (χ3v) is 1.01. The van der Waals surface area contributed by atoms with Crippen LogP contribution in [0.4, 0.5) is 0 Å². The molecule has 0 aliphatic heterocycles. The second-order valence-electron chi connectivity index (χ2n) is 1.39. The van der Waals surface area contributed by atoms with E-state index in [4.69, 9.17) is 11.9 Å². The van der Waals surface area contributed by atoms with Crippen molar-refractivity contribution in [1.29, 1.82) is 0 Å². The van der Waals surface area contributed by atoms with Gasteiger partial charge in [0.05, 0.1) is 0 Å². The maximum atomic E-state index is 5.03. The number of rotatable bonds is 1. The summed E-state index contributed by atoms with van der Waals surface area (Å²) in [7, 11) is 0. The van der Waals surface area contributed by atoms with E-state index in [1.165, 1.54) is 0 Å². The Morgan fingerprint density at radius 2 is 1.78 bits per heavy atom. The SMILES string of the molecule is ClOc1ccccc1.[H-].[Na+]. The molecule has 0 amide bonds. The number of hydrogen-bond acceptors (Lipinski definition) is 1. The van der Waals surface area contributed by atoms with E-state index in [1.807, 2.05) is 18.2 Å². The van der Waals surface area contributed by atoms with Crippen molar-refractivity contribution in [3.63, 3.8) is 0 Å². The predicted octanol–water partition coefficient (Wildman–Crippen LogP) is -0.664. The van der Waals surface area contributed by atoms with Gasteiger partial charge in [0.1, 0.15) is 17.6 Å². The third kappa shape index (κ3) is 3.11. The van der Waals surface area contributed by atoms with E-state index in [0.29, 0.717) is 5.75 Å². The first kappa shape index (κ1) is 9.31. The van der Waals surface area contributed by atoms with Crippen molar-refractivity contribution >= 4 is 11.9 Å². The van der Waals surface area contributed by atoms with Gasteiger partial charge in [-0.05, 0) is 12.1 Å². The fraction of sp³-hybridized carbons (Fsp3) is 0. The van der Waals surface area contributed by atoms with Gasteiger partial charge in [0.15, 0.2) is 0 Å². The Morgan fingerprint density at radius 1 is 1.22 bits per heavy atom. The van der Waals surface area contributed by atoms with E-state index in [0.717, 1.165) is 0 Å². The van der Waals surface area contributed by atoms with Crippen LogP contribution in [0.25, 0.3) is 0 Å². The van der Waals surface area contributed by atoms with Crippen molar-refractivity contribution in [2.75, 3.05) is 0 Å². The molecule has 0 aliphatic rings. The second-order valence-corrected chi connectivity index (χ2v) is 1.54. The summed E-state index contributed by atoms with van der Waals surface area (Å²) in [5.41, 5.74) is 0. The van der Waals surface area contributed by atoms with Crippen molar-refractivity contribution in [2.45, 2.75) is 0 Å². The molecule has 0 saturated heterocycles. The molecule has 0 fully saturated rings. The van der Waals surface area contributed by atoms with Gasteiger partial charge in [-0.2, -0.15) is 0 Å². The Kier molecular flexibility index (Phi) is 5.30. The van der Waals surface area contributed by atoms with Crippen molar-refractivity contribution in [3.05, 3.63) is 30.3 Å². The van der Waals surface area contributed by atoms with Crippen LogP contribution in [0, 0.1) is 0 Å². The zero-order valence-electron chi connectivity index (χ0n) is 6.17. The average Bonchev–Trinajstić information content (AvgIpc) is 1.90. The Labute approximate surface area is 82.9 Å². The smallest absolute Gasteiger partial charge is 1.00 e. The summed E-state index contributed by atoms with van der Waals surface area (Å²) in [6, 6.07) is 9.19. The minimum Gasteiger partial charge on any atom is -1.00 e. The molecule has 0 aliphatic carbocycles. The topological polar surface area (TPSA) is 9.23 Å². The van der Waals surface area contributed by atoms with Crippen molar-refractivity contribution < 1.29 is 35.3 Å². The van der Waals surface area contributed by atoms with Crippen LogP contribution >= 0.6 is 11.9 Å². The molecule has 0 saturated carbocycles. The van der Waals surface area contributed by atoms with E-state index >= 15 is 0 Å². The summed E-state index contributed by atoms with van der Waals surface area (Å²) in [4.78, 5) is 0. The van der Waals surface area contributed by atoms with Crippen LogP contribution in [-0.4, -0.2) is 0 Å². The number of benzene rings is 1. The maximum absolute atomic E-state index is 5.03. The van der Waals surface area contributed by atoms with Crippen LogP contribution in [0.15, 0.2) is 30.3 Å². The first-order valence-electron chi connectivity index (χ1n) is 2.27. The van der Waals surface area contributed by atoms with Gasteiger partial charge in [0, 0.05) is 0 Å². The molecular formula is C6H6ClNaO. The van der Waals surface area contributed by atoms with Gasteiger partial charge in [-0.3, -0.25) is 0 Å². The van der Waals surface area contributed by atoms with Crippen LogP contribution < -0.4 is 33.8 Å². The first-order chi connectivity index (χ1) is 3.93. The molecule has 44 valence electrons. The van der Waals surface area contributed by atoms with Gasteiger partial charge in [0.2, 0.25) is 0 Å². The molecule has 0 radical (unpaired) electrons. The molecule has 0 heterocycles. The zero-order chi connectivity index (χ0) is 5.82. The fourth-order valence-electron chi connectivity index (χ4n) is 0.472. The molecule has 1 nitrogen and oxygen atoms in total. The molecule has 0 spiro atoms. The summed E-state index contributed by atoms with van der Waals surface area (Å²) < 4.78 is 4.39. The van der Waals surface area contributed by atoms with E-state index in [9.17, 15) is 0 Å². The summed E-state index contributed by atoms with van der Waals surface area (Å²) in [5.74, 6) is 0.675. The molecule has 0 bridgehead atoms. The minimum absolute atomic E-state index is 0. The number of para-hydroxylation sites is 1. The van der Waals surface area contributed by atoms with Gasteiger partial charge in [0.25, 0.3) is 0 Å². The van der Waals surface area contributed by atoms with Gasteiger partial charge >= 0.3 is 29.6 Å². The minimum atomic E-state index is 0.